The lowest BCUT2D eigenvalue weighted by Gasteiger charge is -2.38. The van der Waals surface area contributed by atoms with Gasteiger partial charge in [0.15, 0.2) is 0 Å². The van der Waals surface area contributed by atoms with Crippen molar-refractivity contribution in [3.05, 3.63) is 52.4 Å². The number of hydrogen-bond donors (Lipinski definition) is 1. The predicted molar refractivity (Wildman–Crippen MR) is 91.1 cm³/mol. The second kappa shape index (κ2) is 6.75. The topological polar surface area (TPSA) is 47.0 Å². The van der Waals surface area contributed by atoms with Gasteiger partial charge in [0.2, 0.25) is 0 Å². The molecule has 22 heavy (non-hydrogen) atoms. The van der Waals surface area contributed by atoms with E-state index in [0.717, 1.165) is 48.7 Å². The van der Waals surface area contributed by atoms with E-state index in [4.69, 9.17) is 4.74 Å². The van der Waals surface area contributed by atoms with Crippen LogP contribution in [0.4, 0.5) is 5.82 Å². The van der Waals surface area contributed by atoms with Gasteiger partial charge >= 0.3 is 0 Å². The summed E-state index contributed by atoms with van der Waals surface area (Å²) in [7, 11) is 0. The number of ether oxygens (including phenoxy) is 1. The molecule has 3 rings (SSSR count). The van der Waals surface area contributed by atoms with E-state index in [1.54, 1.807) is 6.20 Å². The summed E-state index contributed by atoms with van der Waals surface area (Å²) in [4.78, 5) is 8.58. The molecule has 1 aromatic heterocycles. The zero-order chi connectivity index (χ0) is 15.4. The molecule has 1 aliphatic heterocycles. The third kappa shape index (κ3) is 3.47. The highest BCUT2D eigenvalue weighted by Gasteiger charge is 2.34. The number of anilines is 1. The Labute approximate surface area is 139 Å². The largest absolute Gasteiger partial charge is 0.381 e. The third-order valence-corrected chi connectivity index (χ3v) is 4.76. The van der Waals surface area contributed by atoms with Crippen LogP contribution in [0.25, 0.3) is 0 Å². The molecule has 2 aromatic rings. The van der Waals surface area contributed by atoms with E-state index < -0.39 is 0 Å². The zero-order valence-corrected chi connectivity index (χ0v) is 14.3. The first-order valence-corrected chi connectivity index (χ1v) is 8.35. The van der Waals surface area contributed by atoms with Gasteiger partial charge in [0.25, 0.3) is 0 Å². The SMILES string of the molecule is Cc1nccc(NCC2(c3cccc(Br)c3)CCOCC2)n1. The van der Waals surface area contributed by atoms with E-state index in [-0.39, 0.29) is 5.41 Å². The van der Waals surface area contributed by atoms with Crippen LogP contribution in [0.3, 0.4) is 0 Å². The molecule has 1 fully saturated rings. The lowest BCUT2D eigenvalue weighted by atomic mass is 9.74. The number of hydrogen-bond acceptors (Lipinski definition) is 4. The Morgan fingerprint density at radius 3 is 2.82 bits per heavy atom. The molecule has 1 saturated heterocycles. The number of benzene rings is 1. The molecule has 116 valence electrons. The van der Waals surface area contributed by atoms with Gasteiger partial charge in [0.05, 0.1) is 0 Å². The van der Waals surface area contributed by atoms with Crippen LogP contribution in [-0.2, 0) is 10.2 Å². The summed E-state index contributed by atoms with van der Waals surface area (Å²) in [5.41, 5.74) is 1.43. The average Bonchev–Trinajstić information content (AvgIpc) is 2.54. The smallest absolute Gasteiger partial charge is 0.129 e. The van der Waals surface area contributed by atoms with Crippen LogP contribution in [-0.4, -0.2) is 29.7 Å². The van der Waals surface area contributed by atoms with Crippen molar-refractivity contribution < 1.29 is 4.74 Å². The van der Waals surface area contributed by atoms with Gasteiger partial charge in [-0.1, -0.05) is 28.1 Å². The van der Waals surface area contributed by atoms with Gasteiger partial charge in [-0.2, -0.15) is 0 Å². The summed E-state index contributed by atoms with van der Waals surface area (Å²) in [6.07, 6.45) is 3.82. The molecular weight excluding hydrogens is 342 g/mol. The van der Waals surface area contributed by atoms with E-state index in [2.05, 4.69) is 55.5 Å². The van der Waals surface area contributed by atoms with Crippen molar-refractivity contribution in [2.45, 2.75) is 25.2 Å². The average molecular weight is 362 g/mol. The van der Waals surface area contributed by atoms with E-state index >= 15 is 0 Å². The Bertz CT molecular complexity index is 641. The van der Waals surface area contributed by atoms with Crippen molar-refractivity contribution in [1.29, 1.82) is 0 Å². The van der Waals surface area contributed by atoms with Gasteiger partial charge in [0.1, 0.15) is 11.6 Å². The molecule has 5 heteroatoms. The number of rotatable bonds is 4. The highest BCUT2D eigenvalue weighted by molar-refractivity contribution is 9.10. The van der Waals surface area contributed by atoms with Crippen LogP contribution >= 0.6 is 15.9 Å². The van der Waals surface area contributed by atoms with Crippen molar-refractivity contribution in [3.8, 4) is 0 Å². The normalized spacial score (nSPS) is 17.2. The first-order chi connectivity index (χ1) is 10.7. The minimum absolute atomic E-state index is 0.0842. The van der Waals surface area contributed by atoms with Crippen LogP contribution in [0.2, 0.25) is 0 Å². The highest BCUT2D eigenvalue weighted by atomic mass is 79.9. The summed E-state index contributed by atoms with van der Waals surface area (Å²) in [6.45, 7) is 4.36. The molecule has 0 radical (unpaired) electrons. The third-order valence-electron chi connectivity index (χ3n) is 4.27. The van der Waals surface area contributed by atoms with Crippen molar-refractivity contribution in [2.75, 3.05) is 25.1 Å². The molecule has 0 bridgehead atoms. The second-order valence-corrected chi connectivity index (χ2v) is 6.66. The molecule has 1 aliphatic rings. The summed E-state index contributed by atoms with van der Waals surface area (Å²) >= 11 is 3.59. The van der Waals surface area contributed by atoms with Gasteiger partial charge in [-0.3, -0.25) is 0 Å². The molecule has 0 atom stereocenters. The van der Waals surface area contributed by atoms with Crippen molar-refractivity contribution in [2.24, 2.45) is 0 Å². The van der Waals surface area contributed by atoms with Crippen LogP contribution in [0.15, 0.2) is 41.0 Å². The van der Waals surface area contributed by atoms with Crippen molar-refractivity contribution >= 4 is 21.7 Å². The number of aryl methyl sites for hydroxylation is 1. The maximum atomic E-state index is 5.58. The maximum Gasteiger partial charge on any atom is 0.129 e. The molecule has 0 aliphatic carbocycles. The molecule has 1 aromatic carbocycles. The number of halogens is 1. The highest BCUT2D eigenvalue weighted by Crippen LogP contribution is 2.36. The molecule has 1 N–H and O–H groups in total. The second-order valence-electron chi connectivity index (χ2n) is 5.75. The van der Waals surface area contributed by atoms with Crippen LogP contribution in [0.5, 0.6) is 0 Å². The number of aromatic nitrogens is 2. The minimum Gasteiger partial charge on any atom is -0.381 e. The Morgan fingerprint density at radius 2 is 2.09 bits per heavy atom. The zero-order valence-electron chi connectivity index (χ0n) is 12.7. The van der Waals surface area contributed by atoms with Crippen LogP contribution in [0.1, 0.15) is 24.2 Å². The van der Waals surface area contributed by atoms with Gasteiger partial charge in [-0.05, 0) is 43.5 Å². The summed E-state index contributed by atoms with van der Waals surface area (Å²) in [6, 6.07) is 10.5. The number of nitrogens with zero attached hydrogens (tertiary/aromatic N) is 2. The van der Waals surface area contributed by atoms with E-state index in [9.17, 15) is 0 Å². The minimum atomic E-state index is 0.0842. The van der Waals surface area contributed by atoms with Crippen LogP contribution in [0, 0.1) is 6.92 Å². The Hall–Kier alpha value is -1.46. The van der Waals surface area contributed by atoms with Gasteiger partial charge in [-0.25, -0.2) is 9.97 Å². The van der Waals surface area contributed by atoms with Gasteiger partial charge in [-0.15, -0.1) is 0 Å². The van der Waals surface area contributed by atoms with Gasteiger partial charge < -0.3 is 10.1 Å². The molecule has 0 amide bonds. The summed E-state index contributed by atoms with van der Waals surface area (Å²) in [5, 5.41) is 3.49. The Kier molecular flexibility index (Phi) is 4.74. The fourth-order valence-corrected chi connectivity index (χ4v) is 3.36. The monoisotopic (exact) mass is 361 g/mol. The summed E-state index contributed by atoms with van der Waals surface area (Å²) in [5.74, 6) is 1.67. The Balaban J connectivity index is 1.83. The lowest BCUT2D eigenvalue weighted by Crippen LogP contribution is -2.40. The molecule has 2 heterocycles. The first-order valence-electron chi connectivity index (χ1n) is 7.55. The molecule has 4 nitrogen and oxygen atoms in total. The predicted octanol–water partition coefficient (Wildman–Crippen LogP) is 3.71. The lowest BCUT2D eigenvalue weighted by molar-refractivity contribution is 0.0543. The van der Waals surface area contributed by atoms with Crippen molar-refractivity contribution in [1.82, 2.24) is 9.97 Å². The Morgan fingerprint density at radius 1 is 1.27 bits per heavy atom. The first kappa shape index (κ1) is 15.4. The molecule has 0 saturated carbocycles. The quantitative estimate of drug-likeness (QED) is 0.901. The standard InChI is InChI=1S/C17H20BrN3O/c1-13-19-8-5-16(21-13)20-12-17(6-9-22-10-7-17)14-3-2-4-15(18)11-14/h2-5,8,11H,6-7,9-10,12H2,1H3,(H,19,20,21). The molecule has 0 spiro atoms. The van der Waals surface area contributed by atoms with Gasteiger partial charge in [0, 0.05) is 35.8 Å². The van der Waals surface area contributed by atoms with E-state index in [1.165, 1.54) is 5.56 Å². The van der Waals surface area contributed by atoms with E-state index in [0.29, 0.717) is 0 Å². The molecule has 0 unspecified atom stereocenters. The fraction of sp³-hybridized carbons (Fsp3) is 0.412. The van der Waals surface area contributed by atoms with Crippen molar-refractivity contribution in [3.63, 3.8) is 0 Å². The maximum absolute atomic E-state index is 5.58. The fourth-order valence-electron chi connectivity index (χ4n) is 2.96. The van der Waals surface area contributed by atoms with E-state index in [1.807, 2.05) is 13.0 Å². The summed E-state index contributed by atoms with van der Waals surface area (Å²) < 4.78 is 6.70. The number of nitrogens with one attached hydrogen (secondary N) is 1. The van der Waals surface area contributed by atoms with Crippen LogP contribution < -0.4 is 5.32 Å². The molecular formula is C17H20BrN3O.